The van der Waals surface area contributed by atoms with Crippen LogP contribution in [-0.4, -0.2) is 41.9 Å². The molecule has 114 valence electrons. The Morgan fingerprint density at radius 3 is 2.91 bits per heavy atom. The van der Waals surface area contributed by atoms with E-state index in [1.807, 2.05) is 0 Å². The number of nitrogens with zero attached hydrogens (tertiary/aromatic N) is 4. The van der Waals surface area contributed by atoms with Gasteiger partial charge in [0.2, 0.25) is 5.69 Å². The van der Waals surface area contributed by atoms with Gasteiger partial charge in [0.25, 0.3) is 5.88 Å². The Labute approximate surface area is 127 Å². The highest BCUT2D eigenvalue weighted by atomic mass is 19.1. The predicted molar refractivity (Wildman–Crippen MR) is 72.2 cm³/mol. The number of ether oxygens (including phenoxy) is 1. The first-order chi connectivity index (χ1) is 11.1. The van der Waals surface area contributed by atoms with E-state index in [9.17, 15) is 9.18 Å². The van der Waals surface area contributed by atoms with Gasteiger partial charge in [0.05, 0.1) is 11.8 Å². The van der Waals surface area contributed by atoms with Crippen molar-refractivity contribution in [3.8, 4) is 23.5 Å². The first-order valence-corrected chi connectivity index (χ1v) is 6.13. The molecule has 0 fully saturated rings. The third-order valence-corrected chi connectivity index (χ3v) is 2.62. The summed E-state index contributed by atoms with van der Waals surface area (Å²) in [6.45, 7) is 0. The van der Waals surface area contributed by atoms with Gasteiger partial charge in [-0.15, -0.1) is 10.2 Å². The molecule has 1 aromatic carbocycles. The Hall–Kier alpha value is -3.74. The molecule has 9 nitrogen and oxygen atoms in total. The van der Waals surface area contributed by atoms with Crippen LogP contribution in [-0.2, 0) is 0 Å². The first-order valence-electron chi connectivity index (χ1n) is 6.13. The number of nitrogens with one attached hydrogen (secondary N) is 2. The van der Waals surface area contributed by atoms with Gasteiger partial charge in [-0.3, -0.25) is 0 Å². The van der Waals surface area contributed by atoms with Crippen LogP contribution >= 0.6 is 0 Å². The molecular weight excluding hydrogens is 307 g/mol. The third-order valence-electron chi connectivity index (χ3n) is 2.62. The van der Waals surface area contributed by atoms with Crippen LogP contribution in [0.25, 0.3) is 0 Å². The van der Waals surface area contributed by atoms with Gasteiger partial charge in [-0.05, 0) is 18.1 Å². The number of benzene rings is 1. The van der Waals surface area contributed by atoms with Crippen molar-refractivity contribution in [2.45, 2.75) is 0 Å². The molecule has 0 amide bonds. The van der Waals surface area contributed by atoms with Crippen LogP contribution in [0.2, 0.25) is 0 Å². The number of aromatic carboxylic acids is 1. The standard InChI is InChI=1S/C13H7FN6O3/c14-10-5-9(23-12-11(13(21)22)17-20-18-12)4-2-7(10)1-3-8-6-15-19-16-8/h2,4-6H,(H,21,22)(H,15,16,19)(H,17,18,20). The molecule has 3 N–H and O–H groups in total. The summed E-state index contributed by atoms with van der Waals surface area (Å²) < 4.78 is 19.2. The van der Waals surface area contributed by atoms with E-state index in [2.05, 4.69) is 42.7 Å². The second-order valence-corrected chi connectivity index (χ2v) is 4.14. The van der Waals surface area contributed by atoms with E-state index in [0.717, 1.165) is 6.07 Å². The Bertz CT molecular complexity index is 909. The van der Waals surface area contributed by atoms with Crippen molar-refractivity contribution in [1.82, 2.24) is 30.8 Å². The molecule has 0 saturated heterocycles. The van der Waals surface area contributed by atoms with E-state index >= 15 is 0 Å². The number of carbonyl (C=O) groups is 1. The number of carboxylic acid groups (broad SMARTS) is 1. The van der Waals surface area contributed by atoms with E-state index in [4.69, 9.17) is 9.84 Å². The summed E-state index contributed by atoms with van der Waals surface area (Å²) >= 11 is 0. The summed E-state index contributed by atoms with van der Waals surface area (Å²) in [6.07, 6.45) is 1.40. The summed E-state index contributed by atoms with van der Waals surface area (Å²) in [4.78, 5) is 10.9. The Kier molecular flexibility index (Phi) is 3.67. The molecule has 10 heteroatoms. The minimum atomic E-state index is -1.32. The van der Waals surface area contributed by atoms with E-state index in [-0.39, 0.29) is 17.2 Å². The van der Waals surface area contributed by atoms with Crippen LogP contribution in [0.1, 0.15) is 21.7 Å². The Balaban J connectivity index is 1.82. The zero-order valence-electron chi connectivity index (χ0n) is 11.2. The van der Waals surface area contributed by atoms with Gasteiger partial charge in [0.15, 0.2) is 5.69 Å². The summed E-state index contributed by atoms with van der Waals surface area (Å²) in [5, 5.41) is 27.5. The maximum absolute atomic E-state index is 14.0. The average molecular weight is 314 g/mol. The van der Waals surface area contributed by atoms with Crippen molar-refractivity contribution in [3.63, 3.8) is 0 Å². The first kappa shape index (κ1) is 14.2. The maximum Gasteiger partial charge on any atom is 0.362 e. The van der Waals surface area contributed by atoms with Gasteiger partial charge in [-0.1, -0.05) is 11.1 Å². The molecule has 0 spiro atoms. The fourth-order valence-corrected chi connectivity index (χ4v) is 1.60. The lowest BCUT2D eigenvalue weighted by atomic mass is 10.2. The molecule has 2 aromatic heterocycles. The minimum absolute atomic E-state index is 0.0723. The van der Waals surface area contributed by atoms with Crippen LogP contribution < -0.4 is 4.74 Å². The van der Waals surface area contributed by atoms with E-state index in [1.165, 1.54) is 18.3 Å². The lowest BCUT2D eigenvalue weighted by Gasteiger charge is -2.04. The summed E-state index contributed by atoms with van der Waals surface area (Å²) in [5.41, 5.74) is 0.0983. The van der Waals surface area contributed by atoms with Gasteiger partial charge < -0.3 is 9.84 Å². The summed E-state index contributed by atoms with van der Waals surface area (Å²) in [5.74, 6) is 3.16. The van der Waals surface area contributed by atoms with Crippen molar-refractivity contribution >= 4 is 5.97 Å². The highest BCUT2D eigenvalue weighted by Gasteiger charge is 2.17. The van der Waals surface area contributed by atoms with E-state index in [1.54, 1.807) is 0 Å². The maximum atomic E-state index is 14.0. The highest BCUT2D eigenvalue weighted by molar-refractivity contribution is 5.87. The van der Waals surface area contributed by atoms with Crippen molar-refractivity contribution in [1.29, 1.82) is 0 Å². The van der Waals surface area contributed by atoms with Crippen LogP contribution in [0.3, 0.4) is 0 Å². The smallest absolute Gasteiger partial charge is 0.362 e. The quantitative estimate of drug-likeness (QED) is 0.614. The molecule has 3 rings (SSSR count). The largest absolute Gasteiger partial charge is 0.476 e. The van der Waals surface area contributed by atoms with E-state index in [0.29, 0.717) is 5.69 Å². The molecule has 23 heavy (non-hydrogen) atoms. The Morgan fingerprint density at radius 1 is 1.35 bits per heavy atom. The minimum Gasteiger partial charge on any atom is -0.476 e. The SMILES string of the molecule is O=C(O)c1nn[nH]c1Oc1ccc(C#Cc2cn[nH]n2)c(F)c1. The zero-order chi connectivity index (χ0) is 16.2. The van der Waals surface area contributed by atoms with Gasteiger partial charge in [0.1, 0.15) is 11.6 Å². The molecule has 0 atom stereocenters. The van der Waals surface area contributed by atoms with Crippen molar-refractivity contribution in [2.24, 2.45) is 0 Å². The number of rotatable bonds is 3. The van der Waals surface area contributed by atoms with Crippen LogP contribution in [0.15, 0.2) is 24.4 Å². The topological polar surface area (TPSA) is 130 Å². The van der Waals surface area contributed by atoms with Gasteiger partial charge in [-0.2, -0.15) is 10.3 Å². The molecular formula is C13H7FN6O3. The van der Waals surface area contributed by atoms with E-state index < -0.39 is 17.5 Å². The molecule has 0 unspecified atom stereocenters. The van der Waals surface area contributed by atoms with Gasteiger partial charge >= 0.3 is 5.97 Å². The zero-order valence-corrected chi connectivity index (χ0v) is 11.2. The number of aromatic nitrogens is 6. The average Bonchev–Trinajstić information content (AvgIpc) is 3.17. The van der Waals surface area contributed by atoms with Gasteiger partial charge in [-0.25, -0.2) is 14.3 Å². The number of hydrogen-bond donors (Lipinski definition) is 3. The van der Waals surface area contributed by atoms with Crippen LogP contribution in [0.5, 0.6) is 11.6 Å². The Morgan fingerprint density at radius 2 is 2.22 bits per heavy atom. The number of aromatic amines is 2. The van der Waals surface area contributed by atoms with Crippen LogP contribution in [0.4, 0.5) is 4.39 Å². The van der Waals surface area contributed by atoms with Crippen LogP contribution in [0, 0.1) is 17.7 Å². The fraction of sp³-hybridized carbons (Fsp3) is 0. The number of hydrogen-bond acceptors (Lipinski definition) is 6. The normalized spacial score (nSPS) is 9.96. The number of H-pyrrole nitrogens is 2. The van der Waals surface area contributed by atoms with Crippen molar-refractivity contribution in [2.75, 3.05) is 0 Å². The molecule has 2 heterocycles. The second-order valence-electron chi connectivity index (χ2n) is 4.14. The molecule has 0 aliphatic rings. The summed E-state index contributed by atoms with van der Waals surface area (Å²) in [6, 6.07) is 3.89. The lowest BCUT2D eigenvalue weighted by Crippen LogP contribution is -2.00. The fourth-order valence-electron chi connectivity index (χ4n) is 1.60. The molecule has 0 saturated carbocycles. The predicted octanol–water partition coefficient (Wildman–Crippen LogP) is 0.952. The third kappa shape index (κ3) is 3.13. The molecule has 0 radical (unpaired) electrons. The molecule has 0 aliphatic carbocycles. The molecule has 0 aliphatic heterocycles. The van der Waals surface area contributed by atoms with Crippen molar-refractivity contribution < 1.29 is 19.0 Å². The highest BCUT2D eigenvalue weighted by Crippen LogP contribution is 2.23. The van der Waals surface area contributed by atoms with Crippen molar-refractivity contribution in [3.05, 3.63) is 47.2 Å². The summed E-state index contributed by atoms with van der Waals surface area (Å²) in [7, 11) is 0. The number of halogens is 1. The lowest BCUT2D eigenvalue weighted by molar-refractivity contribution is 0.0687. The number of carboxylic acids is 1. The second kappa shape index (κ2) is 5.94. The molecule has 0 bridgehead atoms. The monoisotopic (exact) mass is 314 g/mol. The van der Waals surface area contributed by atoms with Gasteiger partial charge in [0, 0.05) is 6.07 Å². The molecule has 3 aromatic rings.